The Kier molecular flexibility index (Phi) is 5.28. The molecule has 7 heteroatoms. The lowest BCUT2D eigenvalue weighted by molar-refractivity contribution is -0.128. The molecule has 3 rings (SSSR count). The predicted molar refractivity (Wildman–Crippen MR) is 105 cm³/mol. The van der Waals surface area contributed by atoms with Crippen molar-refractivity contribution in [2.75, 3.05) is 17.3 Å². The monoisotopic (exact) mass is 388 g/mol. The maximum absolute atomic E-state index is 12.8. The van der Waals surface area contributed by atoms with Crippen molar-refractivity contribution < 1.29 is 19.1 Å². The van der Waals surface area contributed by atoms with Crippen molar-refractivity contribution in [1.29, 1.82) is 0 Å². The highest BCUT2D eigenvalue weighted by Crippen LogP contribution is 2.36. The summed E-state index contributed by atoms with van der Waals surface area (Å²) < 4.78 is 10.8. The normalized spacial score (nSPS) is 17.0. The lowest BCUT2D eigenvalue weighted by Gasteiger charge is -2.36. The molecule has 2 aromatic carbocycles. The van der Waals surface area contributed by atoms with E-state index in [0.717, 1.165) is 5.56 Å². The van der Waals surface area contributed by atoms with Gasteiger partial charge in [-0.1, -0.05) is 17.7 Å². The second-order valence-electron chi connectivity index (χ2n) is 6.45. The summed E-state index contributed by atoms with van der Waals surface area (Å²) in [5.74, 6) is 0.513. The number of rotatable bonds is 4. The van der Waals surface area contributed by atoms with Crippen molar-refractivity contribution in [3.05, 3.63) is 47.0 Å². The van der Waals surface area contributed by atoms with E-state index in [9.17, 15) is 9.59 Å². The molecule has 0 radical (unpaired) electrons. The zero-order chi connectivity index (χ0) is 19.7. The summed E-state index contributed by atoms with van der Waals surface area (Å²) in [4.78, 5) is 27.0. The fraction of sp³-hybridized carbons (Fsp3) is 0.300. The molecule has 0 fully saturated rings. The third-order valence-electron chi connectivity index (χ3n) is 4.45. The zero-order valence-electron chi connectivity index (χ0n) is 15.6. The number of hydrogen-bond acceptors (Lipinski definition) is 4. The van der Waals surface area contributed by atoms with Crippen molar-refractivity contribution in [3.8, 4) is 11.5 Å². The van der Waals surface area contributed by atoms with E-state index in [2.05, 4.69) is 5.32 Å². The van der Waals surface area contributed by atoms with Gasteiger partial charge in [-0.25, -0.2) is 0 Å². The molecule has 27 heavy (non-hydrogen) atoms. The molecule has 2 unspecified atom stereocenters. The van der Waals surface area contributed by atoms with E-state index >= 15 is 0 Å². The molecule has 0 aromatic heterocycles. The van der Waals surface area contributed by atoms with Gasteiger partial charge in [0.1, 0.15) is 17.5 Å². The first-order valence-electron chi connectivity index (χ1n) is 8.56. The lowest BCUT2D eigenvalue weighted by atomic mass is 10.1. The van der Waals surface area contributed by atoms with Crippen LogP contribution in [0.3, 0.4) is 0 Å². The summed E-state index contributed by atoms with van der Waals surface area (Å²) in [6.07, 6.45) is -0.661. The lowest BCUT2D eigenvalue weighted by Crippen LogP contribution is -2.52. The number of carbonyl (C=O) groups excluding carboxylic acids is 2. The first-order chi connectivity index (χ1) is 12.8. The Morgan fingerprint density at radius 1 is 1.30 bits per heavy atom. The molecule has 1 aliphatic rings. The number of ether oxygens (including phenoxy) is 2. The number of fused-ring (bicyclic) bond motifs is 1. The van der Waals surface area contributed by atoms with Crippen LogP contribution in [0.15, 0.2) is 36.4 Å². The highest BCUT2D eigenvalue weighted by atomic mass is 35.5. The minimum Gasteiger partial charge on any atom is -0.495 e. The van der Waals surface area contributed by atoms with Crippen LogP contribution < -0.4 is 19.7 Å². The van der Waals surface area contributed by atoms with Gasteiger partial charge >= 0.3 is 0 Å². The first-order valence-corrected chi connectivity index (χ1v) is 8.94. The number of nitrogens with zero attached hydrogens (tertiary/aromatic N) is 1. The number of carbonyl (C=O) groups is 2. The molecule has 0 aliphatic carbocycles. The molecule has 6 nitrogen and oxygen atoms in total. The van der Waals surface area contributed by atoms with Gasteiger partial charge in [-0.3, -0.25) is 14.5 Å². The minimum absolute atomic E-state index is 0.261. The Bertz CT molecular complexity index is 900. The molecule has 2 amide bonds. The number of benzene rings is 2. The second kappa shape index (κ2) is 7.48. The van der Waals surface area contributed by atoms with Gasteiger partial charge in [0, 0.05) is 5.69 Å². The molecule has 0 spiro atoms. The van der Waals surface area contributed by atoms with E-state index in [4.69, 9.17) is 21.1 Å². The number of halogens is 1. The molecule has 142 valence electrons. The van der Waals surface area contributed by atoms with Crippen LogP contribution in [-0.4, -0.2) is 31.1 Å². The van der Waals surface area contributed by atoms with Crippen LogP contribution in [0.1, 0.15) is 19.4 Å². The van der Waals surface area contributed by atoms with E-state index in [1.54, 1.807) is 32.0 Å². The van der Waals surface area contributed by atoms with Crippen LogP contribution in [0.25, 0.3) is 0 Å². The van der Waals surface area contributed by atoms with Crippen LogP contribution in [0, 0.1) is 6.92 Å². The molecular weight excluding hydrogens is 368 g/mol. The maximum Gasteiger partial charge on any atom is 0.268 e. The number of aryl methyl sites for hydroxylation is 1. The van der Waals surface area contributed by atoms with E-state index in [0.29, 0.717) is 27.9 Å². The fourth-order valence-electron chi connectivity index (χ4n) is 2.98. The Morgan fingerprint density at radius 3 is 2.70 bits per heavy atom. The Labute approximate surface area is 163 Å². The third kappa shape index (κ3) is 3.71. The SMILES string of the molecule is COc1ccc(NC(=O)C(C)N2C(=O)C(C)Oc3ccc(C)cc32)cc1Cl. The molecular formula is C20H21ClN2O4. The van der Waals surface area contributed by atoms with Crippen molar-refractivity contribution in [2.45, 2.75) is 32.9 Å². The first kappa shape index (κ1) is 19.0. The Balaban J connectivity index is 1.87. The van der Waals surface area contributed by atoms with Gasteiger partial charge in [-0.05, 0) is 56.7 Å². The molecule has 0 saturated carbocycles. The van der Waals surface area contributed by atoms with Crippen molar-refractivity contribution in [1.82, 2.24) is 0 Å². The molecule has 2 aromatic rings. The van der Waals surface area contributed by atoms with Crippen LogP contribution in [0.2, 0.25) is 5.02 Å². The summed E-state index contributed by atoms with van der Waals surface area (Å²) in [6.45, 7) is 5.28. The molecule has 2 atom stereocenters. The molecule has 1 N–H and O–H groups in total. The largest absolute Gasteiger partial charge is 0.495 e. The maximum atomic E-state index is 12.8. The quantitative estimate of drug-likeness (QED) is 0.865. The van der Waals surface area contributed by atoms with E-state index in [-0.39, 0.29) is 11.8 Å². The molecule has 1 aliphatic heterocycles. The minimum atomic E-state index is -0.731. The topological polar surface area (TPSA) is 67.9 Å². The summed E-state index contributed by atoms with van der Waals surface area (Å²) >= 11 is 6.11. The Morgan fingerprint density at radius 2 is 2.04 bits per heavy atom. The van der Waals surface area contributed by atoms with Crippen LogP contribution in [0.5, 0.6) is 11.5 Å². The number of anilines is 2. The average Bonchev–Trinajstić information content (AvgIpc) is 2.63. The average molecular weight is 389 g/mol. The van der Waals surface area contributed by atoms with Gasteiger partial charge in [0.25, 0.3) is 5.91 Å². The van der Waals surface area contributed by atoms with Gasteiger partial charge in [-0.2, -0.15) is 0 Å². The van der Waals surface area contributed by atoms with Gasteiger partial charge in [-0.15, -0.1) is 0 Å². The molecule has 0 saturated heterocycles. The van der Waals surface area contributed by atoms with E-state index < -0.39 is 12.1 Å². The van der Waals surface area contributed by atoms with Crippen LogP contribution in [-0.2, 0) is 9.59 Å². The third-order valence-corrected chi connectivity index (χ3v) is 4.74. The van der Waals surface area contributed by atoms with Gasteiger partial charge in [0.05, 0.1) is 17.8 Å². The number of methoxy groups -OCH3 is 1. The zero-order valence-corrected chi connectivity index (χ0v) is 16.3. The van der Waals surface area contributed by atoms with Gasteiger partial charge in [0.2, 0.25) is 5.91 Å². The standard InChI is InChI=1S/C20H21ClN2O4/c1-11-5-7-18-16(9-11)23(20(25)13(3)27-18)12(2)19(24)22-14-6-8-17(26-4)15(21)10-14/h5-10,12-13H,1-4H3,(H,22,24). The van der Waals surface area contributed by atoms with Crippen molar-refractivity contribution >= 4 is 34.8 Å². The van der Waals surface area contributed by atoms with Crippen molar-refractivity contribution in [3.63, 3.8) is 0 Å². The van der Waals surface area contributed by atoms with E-state index in [1.165, 1.54) is 12.0 Å². The van der Waals surface area contributed by atoms with Crippen LogP contribution in [0.4, 0.5) is 11.4 Å². The van der Waals surface area contributed by atoms with Crippen LogP contribution >= 0.6 is 11.6 Å². The summed E-state index contributed by atoms with van der Waals surface area (Å²) in [6, 6.07) is 9.80. The summed E-state index contributed by atoms with van der Waals surface area (Å²) in [5.41, 5.74) is 2.09. The Hall–Kier alpha value is -2.73. The number of nitrogens with one attached hydrogen (secondary N) is 1. The molecule has 1 heterocycles. The number of hydrogen-bond donors (Lipinski definition) is 1. The van der Waals surface area contributed by atoms with Gasteiger partial charge in [0.15, 0.2) is 6.10 Å². The van der Waals surface area contributed by atoms with E-state index in [1.807, 2.05) is 25.1 Å². The van der Waals surface area contributed by atoms with Gasteiger partial charge < -0.3 is 14.8 Å². The predicted octanol–water partition coefficient (Wildman–Crippen LogP) is 3.80. The summed E-state index contributed by atoms with van der Waals surface area (Å²) in [7, 11) is 1.52. The second-order valence-corrected chi connectivity index (χ2v) is 6.86. The fourth-order valence-corrected chi connectivity index (χ4v) is 3.24. The highest BCUT2D eigenvalue weighted by Gasteiger charge is 2.37. The number of amides is 2. The summed E-state index contributed by atoms with van der Waals surface area (Å²) in [5, 5.41) is 3.19. The van der Waals surface area contributed by atoms with Crippen molar-refractivity contribution in [2.24, 2.45) is 0 Å². The molecule has 0 bridgehead atoms. The highest BCUT2D eigenvalue weighted by molar-refractivity contribution is 6.32. The smallest absolute Gasteiger partial charge is 0.268 e.